The Morgan fingerprint density at radius 3 is 1.16 bits per heavy atom. The van der Waals surface area contributed by atoms with Crippen LogP contribution < -0.4 is 16.4 Å². The van der Waals surface area contributed by atoms with Crippen molar-refractivity contribution in [3.05, 3.63) is 35.9 Å². The van der Waals surface area contributed by atoms with E-state index >= 15 is 0 Å². The summed E-state index contributed by atoms with van der Waals surface area (Å²) in [6.45, 7) is 15.6. The molecule has 0 heterocycles. The largest absolute Gasteiger partial charge is 0.379 e. The fourth-order valence-electron chi connectivity index (χ4n) is 5.28. The van der Waals surface area contributed by atoms with Gasteiger partial charge < -0.3 is 73.2 Å². The Morgan fingerprint density at radius 1 is 0.469 bits per heavy atom. The summed E-state index contributed by atoms with van der Waals surface area (Å²) in [6.07, 6.45) is 1.90. The average molecular weight is 918 g/mol. The lowest BCUT2D eigenvalue weighted by Crippen LogP contribution is -2.45. The van der Waals surface area contributed by atoms with Crippen molar-refractivity contribution in [1.29, 1.82) is 0 Å². The van der Waals surface area contributed by atoms with Crippen LogP contribution in [-0.4, -0.2) is 200 Å². The number of carbonyl (C=O) groups is 4. The van der Waals surface area contributed by atoms with Gasteiger partial charge in [0.15, 0.2) is 11.6 Å². The molecule has 4 N–H and O–H groups in total. The van der Waals surface area contributed by atoms with Crippen LogP contribution in [0.15, 0.2) is 30.3 Å². The third-order valence-corrected chi connectivity index (χ3v) is 8.89. The lowest BCUT2D eigenvalue weighted by molar-refractivity contribution is -0.128. The van der Waals surface area contributed by atoms with E-state index in [1.54, 1.807) is 20.8 Å². The molecule has 3 atom stereocenters. The van der Waals surface area contributed by atoms with E-state index in [0.29, 0.717) is 178 Å². The molecule has 0 fully saturated rings. The van der Waals surface area contributed by atoms with Crippen LogP contribution >= 0.6 is 0 Å². The van der Waals surface area contributed by atoms with E-state index in [2.05, 4.69) is 10.6 Å². The van der Waals surface area contributed by atoms with Crippen LogP contribution in [0.5, 0.6) is 0 Å². The number of carbonyl (C=O) groups excluding carboxylic acids is 4. The van der Waals surface area contributed by atoms with Gasteiger partial charge in [-0.05, 0) is 32.3 Å². The minimum Gasteiger partial charge on any atom is -0.379 e. The number of amides is 2. The second-order valence-corrected chi connectivity index (χ2v) is 14.3. The summed E-state index contributed by atoms with van der Waals surface area (Å²) in [4.78, 5) is 48.2. The van der Waals surface area contributed by atoms with Gasteiger partial charge in [0.25, 0.3) is 0 Å². The molecule has 2 amide bonds. The number of hydrogen-bond acceptors (Lipinski definition) is 17. The Bertz CT molecular complexity index is 1270. The van der Waals surface area contributed by atoms with Gasteiger partial charge in [-0.2, -0.15) is 0 Å². The molecule has 19 heteroatoms. The highest BCUT2D eigenvalue weighted by atomic mass is 16.6. The van der Waals surface area contributed by atoms with Crippen LogP contribution in [0.3, 0.4) is 0 Å². The maximum atomic E-state index is 12.3. The Balaban J connectivity index is 1.71. The van der Waals surface area contributed by atoms with E-state index in [1.807, 2.05) is 30.3 Å². The fraction of sp³-hybridized carbons (Fsp3) is 0.778. The summed E-state index contributed by atoms with van der Waals surface area (Å²) in [7, 11) is 0. The van der Waals surface area contributed by atoms with Gasteiger partial charge in [0.1, 0.15) is 0 Å². The molecule has 0 saturated carbocycles. The first kappa shape index (κ1) is 59.0. The predicted octanol–water partition coefficient (Wildman–Crippen LogP) is 1.48. The summed E-state index contributed by atoms with van der Waals surface area (Å²) >= 11 is 0. The van der Waals surface area contributed by atoms with E-state index < -0.39 is 18.1 Å². The zero-order valence-electron chi connectivity index (χ0n) is 38.7. The SMILES string of the molecule is CCC(=O)[C@H](Cc1ccccc1)NC(=O)CCOCCOCCOCCOCCOCCOCCOCCOCCOCCOCCOCCOCCCC(=O)[C@H](C)NC(=O)[C@H](C)N. The summed E-state index contributed by atoms with van der Waals surface area (Å²) < 4.78 is 65.9. The number of benzene rings is 1. The summed E-state index contributed by atoms with van der Waals surface area (Å²) in [5.74, 6) is -0.602. The molecule has 64 heavy (non-hydrogen) atoms. The Hall–Kier alpha value is -3.02. The minimum absolute atomic E-state index is 0.00625. The van der Waals surface area contributed by atoms with Crippen molar-refractivity contribution < 1.29 is 76.0 Å². The summed E-state index contributed by atoms with van der Waals surface area (Å²) in [5.41, 5.74) is 6.50. The van der Waals surface area contributed by atoms with Crippen molar-refractivity contribution in [3.63, 3.8) is 0 Å². The summed E-state index contributed by atoms with van der Waals surface area (Å²) in [5, 5.41) is 5.43. The lowest BCUT2D eigenvalue weighted by Gasteiger charge is -2.17. The molecule has 0 radical (unpaired) electrons. The number of nitrogens with two attached hydrogens (primary N) is 1. The van der Waals surface area contributed by atoms with Crippen molar-refractivity contribution in [2.45, 2.75) is 71.0 Å². The number of ketones is 2. The highest BCUT2D eigenvalue weighted by molar-refractivity contribution is 5.90. The van der Waals surface area contributed by atoms with Gasteiger partial charge in [-0.3, -0.25) is 19.2 Å². The average Bonchev–Trinajstić information content (AvgIpc) is 3.29. The topological polar surface area (TPSA) is 229 Å². The molecule has 0 spiro atoms. The predicted molar refractivity (Wildman–Crippen MR) is 237 cm³/mol. The van der Waals surface area contributed by atoms with Gasteiger partial charge in [0, 0.05) is 25.9 Å². The maximum Gasteiger partial charge on any atom is 0.237 e. The third-order valence-electron chi connectivity index (χ3n) is 8.89. The van der Waals surface area contributed by atoms with Crippen LogP contribution in [0.1, 0.15) is 52.0 Å². The van der Waals surface area contributed by atoms with Crippen molar-refractivity contribution in [3.8, 4) is 0 Å². The molecule has 0 aromatic heterocycles. The van der Waals surface area contributed by atoms with Gasteiger partial charge in [-0.25, -0.2) is 0 Å². The zero-order chi connectivity index (χ0) is 46.6. The van der Waals surface area contributed by atoms with E-state index in [-0.39, 0.29) is 36.4 Å². The molecule has 0 bridgehead atoms. The van der Waals surface area contributed by atoms with Gasteiger partial charge in [0.2, 0.25) is 11.8 Å². The number of nitrogens with one attached hydrogen (secondary N) is 2. The smallest absolute Gasteiger partial charge is 0.237 e. The molecule has 1 aromatic carbocycles. The van der Waals surface area contributed by atoms with Crippen LogP contribution in [0, 0.1) is 0 Å². The second-order valence-electron chi connectivity index (χ2n) is 14.3. The zero-order valence-corrected chi connectivity index (χ0v) is 38.7. The highest BCUT2D eigenvalue weighted by Gasteiger charge is 2.20. The summed E-state index contributed by atoms with van der Waals surface area (Å²) in [6, 6.07) is 7.90. The van der Waals surface area contributed by atoms with Gasteiger partial charge >= 0.3 is 0 Å². The molecule has 1 rings (SSSR count). The molecule has 370 valence electrons. The molecule has 0 aliphatic carbocycles. The van der Waals surface area contributed by atoms with Crippen LogP contribution in [0.2, 0.25) is 0 Å². The number of Topliss-reactive ketones (excluding diaryl/α,β-unsaturated/α-hetero) is 2. The molecule has 0 aliphatic heterocycles. The lowest BCUT2D eigenvalue weighted by atomic mass is 10.0. The van der Waals surface area contributed by atoms with Gasteiger partial charge in [0.05, 0.1) is 170 Å². The van der Waals surface area contributed by atoms with Crippen LogP contribution in [0.25, 0.3) is 0 Å². The van der Waals surface area contributed by atoms with Crippen molar-refractivity contribution in [2.24, 2.45) is 5.73 Å². The van der Waals surface area contributed by atoms with Gasteiger partial charge in [-0.15, -0.1) is 0 Å². The highest BCUT2D eigenvalue weighted by Crippen LogP contribution is 2.06. The molecular weight excluding hydrogens is 838 g/mol. The molecule has 0 saturated heterocycles. The Kier molecular flexibility index (Phi) is 40.4. The van der Waals surface area contributed by atoms with E-state index in [1.165, 1.54) is 0 Å². The quantitative estimate of drug-likeness (QED) is 0.0787. The number of hydrogen-bond donors (Lipinski definition) is 3. The van der Waals surface area contributed by atoms with E-state index in [9.17, 15) is 19.2 Å². The third kappa shape index (κ3) is 37.2. The van der Waals surface area contributed by atoms with Crippen molar-refractivity contribution in [2.75, 3.05) is 159 Å². The van der Waals surface area contributed by atoms with E-state index in [4.69, 9.17) is 62.6 Å². The molecule has 0 aliphatic rings. The Labute approximate surface area is 380 Å². The first-order valence-electron chi connectivity index (χ1n) is 22.6. The molecule has 1 aromatic rings. The number of rotatable bonds is 48. The van der Waals surface area contributed by atoms with E-state index in [0.717, 1.165) is 5.56 Å². The van der Waals surface area contributed by atoms with Crippen LogP contribution in [-0.2, 0) is 82.4 Å². The standard InChI is InChI=1S/C45H79N3O16/c1-4-42(49)41(37-40-9-6-5-7-10-40)48-44(51)12-14-54-16-18-56-20-22-58-24-26-60-28-30-62-32-34-64-36-35-63-33-31-61-29-27-59-25-23-57-21-19-55-17-15-53-13-8-11-43(50)39(3)47-45(52)38(2)46/h5-7,9-10,38-39,41H,4,8,11-37,46H2,1-3H3,(H,47,52)(H,48,51)/t38-,39-,41-/m0/s1. The second kappa shape index (κ2) is 43.9. The molecule has 0 unspecified atom stereocenters. The minimum atomic E-state index is -0.647. The maximum absolute atomic E-state index is 12.3. The van der Waals surface area contributed by atoms with Crippen molar-refractivity contribution in [1.82, 2.24) is 10.6 Å². The molecule has 19 nitrogen and oxygen atoms in total. The first-order chi connectivity index (χ1) is 31.2. The number of ether oxygens (including phenoxy) is 12. The fourth-order valence-corrected chi connectivity index (χ4v) is 5.28. The van der Waals surface area contributed by atoms with Crippen molar-refractivity contribution >= 4 is 23.4 Å². The van der Waals surface area contributed by atoms with Crippen LogP contribution in [0.4, 0.5) is 0 Å². The monoisotopic (exact) mass is 918 g/mol. The first-order valence-corrected chi connectivity index (χ1v) is 22.6. The Morgan fingerprint density at radius 2 is 0.812 bits per heavy atom. The van der Waals surface area contributed by atoms with Gasteiger partial charge in [-0.1, -0.05) is 37.3 Å². The normalized spacial score (nSPS) is 12.8. The molecular formula is C45H79N3O16.